The van der Waals surface area contributed by atoms with Crippen LogP contribution in [-0.4, -0.2) is 26.4 Å². The smallest absolute Gasteiger partial charge is 0.123 e. The number of ether oxygens (including phenoxy) is 12. The van der Waals surface area contributed by atoms with Crippen molar-refractivity contribution in [2.45, 2.75) is 105 Å². The van der Waals surface area contributed by atoms with Gasteiger partial charge in [0.05, 0.1) is 52.9 Å². The van der Waals surface area contributed by atoms with Gasteiger partial charge in [0.2, 0.25) is 0 Å². The summed E-state index contributed by atoms with van der Waals surface area (Å²) in [6.45, 7) is 6.26. The molecule has 0 atom stereocenters. The minimum absolute atomic E-state index is 0.322. The normalized spacial score (nSPS) is 12.9. The molecule has 6 heterocycles. The first kappa shape index (κ1) is 90.9. The summed E-state index contributed by atoms with van der Waals surface area (Å²) < 4.78 is 81.1. The van der Waals surface area contributed by atoms with E-state index in [-0.39, 0.29) is 0 Å². The molecule has 0 spiro atoms. The summed E-state index contributed by atoms with van der Waals surface area (Å²) in [5.41, 5.74) is 16.9. The lowest BCUT2D eigenvalue weighted by Gasteiger charge is -2.29. The van der Waals surface area contributed by atoms with Gasteiger partial charge in [-0.1, -0.05) is 255 Å². The number of fused-ring (bicyclic) bond motifs is 2. The predicted molar refractivity (Wildman–Crippen MR) is 551 cm³/mol. The maximum Gasteiger partial charge on any atom is 0.123 e. The first-order valence-electron chi connectivity index (χ1n) is 45.9. The summed E-state index contributed by atoms with van der Waals surface area (Å²) in [7, 11) is 0. The number of thiophene rings is 6. The number of hydrogen-bond donors (Lipinski definition) is 0. The average Bonchev–Trinajstić information content (AvgIpc) is 1.58. The SMILES string of the molecule is c1ccc(COc2cc(COCC3(COCc4cc(OCc5ccccc5)cc(OCc5ccccc5)c4)Cc4c(-c5cccs5)sc(-c5ccc(-c6ccc(-c7sc(-c8cccs8)c8c7CC(COCc7cc(OCc9ccccc9)cc(OCc9ccccc9)c7)(COCc7cc(OCc9ccccc9)cc(OCc9ccccc9)c7)C8)s6)s5)c4C3)cc(OCc3ccccc3)c2)cc1. The highest BCUT2D eigenvalue weighted by molar-refractivity contribution is 7.30. The van der Waals surface area contributed by atoms with Crippen LogP contribution in [0.4, 0.5) is 0 Å². The fourth-order valence-electron chi connectivity index (χ4n) is 17.7. The van der Waals surface area contributed by atoms with Gasteiger partial charge in [-0.25, -0.2) is 0 Å². The largest absolute Gasteiger partial charge is 0.489 e. The third-order valence-electron chi connectivity index (χ3n) is 24.3. The Morgan fingerprint density at radius 2 is 0.375 bits per heavy atom. The molecule has 0 fully saturated rings. The van der Waals surface area contributed by atoms with Gasteiger partial charge in [0.25, 0.3) is 0 Å². The molecular weight excluding hydrogens is 1800 g/mol. The monoisotopic (exact) mass is 1900 g/mol. The minimum atomic E-state index is -0.471. The van der Waals surface area contributed by atoms with Crippen molar-refractivity contribution in [1.29, 1.82) is 0 Å². The lowest BCUT2D eigenvalue weighted by molar-refractivity contribution is -0.0280. The van der Waals surface area contributed by atoms with Crippen LogP contribution in [0.25, 0.3) is 48.8 Å². The van der Waals surface area contributed by atoms with Crippen molar-refractivity contribution in [3.05, 3.63) is 464 Å². The van der Waals surface area contributed by atoms with Gasteiger partial charge >= 0.3 is 0 Å². The van der Waals surface area contributed by atoms with Crippen molar-refractivity contribution in [1.82, 2.24) is 0 Å². The molecule has 20 rings (SSSR count). The van der Waals surface area contributed by atoms with E-state index < -0.39 is 10.8 Å². The summed E-state index contributed by atoms with van der Waals surface area (Å²) in [5, 5.41) is 4.39. The fourth-order valence-corrected chi connectivity index (χ4v) is 24.5. The van der Waals surface area contributed by atoms with Crippen LogP contribution < -0.4 is 37.9 Å². The van der Waals surface area contributed by atoms with Gasteiger partial charge in [-0.2, -0.15) is 0 Å². The van der Waals surface area contributed by atoms with E-state index in [0.29, 0.717) is 152 Å². The first-order valence-corrected chi connectivity index (χ1v) is 51.0. The van der Waals surface area contributed by atoms with E-state index >= 15 is 0 Å². The van der Waals surface area contributed by atoms with E-state index in [0.717, 1.165) is 92.4 Å². The predicted octanol–water partition coefficient (Wildman–Crippen LogP) is 30.1. The second kappa shape index (κ2) is 44.3. The average molecular weight is 1900 g/mol. The lowest BCUT2D eigenvalue weighted by atomic mass is 9.86. The van der Waals surface area contributed by atoms with E-state index in [1.54, 1.807) is 22.7 Å². The van der Waals surface area contributed by atoms with Crippen molar-refractivity contribution in [2.24, 2.45) is 10.8 Å². The maximum atomic E-state index is 7.18. The van der Waals surface area contributed by atoms with Crippen molar-refractivity contribution in [3.63, 3.8) is 0 Å². The molecule has 0 saturated heterocycles. The zero-order valence-corrected chi connectivity index (χ0v) is 80.2. The zero-order valence-electron chi connectivity index (χ0n) is 75.3. The fraction of sp³-hybridized carbons (Fsp3) is 0.186. The van der Waals surface area contributed by atoms with Gasteiger partial charge in [0.15, 0.2) is 0 Å². The first-order chi connectivity index (χ1) is 67.2. The third kappa shape index (κ3) is 23.8. The van der Waals surface area contributed by atoms with E-state index in [1.165, 1.54) is 71.0 Å². The quantitative estimate of drug-likeness (QED) is 0.0362. The van der Waals surface area contributed by atoms with Gasteiger partial charge in [0.1, 0.15) is 98.9 Å². The van der Waals surface area contributed by atoms with Gasteiger partial charge in [-0.05, 0) is 210 Å². The summed E-state index contributed by atoms with van der Waals surface area (Å²) >= 11 is 11.2. The van der Waals surface area contributed by atoms with Crippen molar-refractivity contribution in [2.75, 3.05) is 26.4 Å². The zero-order chi connectivity index (χ0) is 91.3. The van der Waals surface area contributed by atoms with Gasteiger partial charge in [0, 0.05) is 83.9 Å². The van der Waals surface area contributed by atoms with Gasteiger partial charge in [-0.15, -0.1) is 68.0 Å². The van der Waals surface area contributed by atoms with E-state index in [1.807, 2.05) is 215 Å². The Labute approximate surface area is 819 Å². The molecule has 0 unspecified atom stereocenters. The highest BCUT2D eigenvalue weighted by Gasteiger charge is 2.45. The van der Waals surface area contributed by atoms with E-state index in [2.05, 4.69) is 205 Å². The van der Waals surface area contributed by atoms with E-state index in [4.69, 9.17) is 56.8 Å². The Balaban J connectivity index is 0.600. The molecule has 0 amide bonds. The lowest BCUT2D eigenvalue weighted by Crippen LogP contribution is -2.33. The van der Waals surface area contributed by atoms with Crippen LogP contribution in [0.1, 0.15) is 89.0 Å². The Morgan fingerprint density at radius 3 is 0.574 bits per heavy atom. The molecule has 12 nitrogen and oxygen atoms in total. The summed E-state index contributed by atoms with van der Waals surface area (Å²) in [5.74, 6) is 5.68. The number of rotatable bonds is 45. The number of benzene rings is 12. The van der Waals surface area contributed by atoms with Gasteiger partial charge < -0.3 is 56.8 Å². The van der Waals surface area contributed by atoms with Crippen molar-refractivity contribution in [3.8, 4) is 94.8 Å². The second-order valence-corrected chi connectivity index (χ2v) is 40.9. The molecule has 0 radical (unpaired) electrons. The molecule has 0 saturated carbocycles. The van der Waals surface area contributed by atoms with Crippen LogP contribution >= 0.6 is 68.0 Å². The molecule has 0 aliphatic heterocycles. The molecule has 0 bridgehead atoms. The highest BCUT2D eigenvalue weighted by atomic mass is 32.1. The molecule has 2 aliphatic carbocycles. The maximum absolute atomic E-state index is 7.18. The molecular formula is C118H102O12S6. The molecule has 12 aromatic carbocycles. The molecule has 0 N–H and O–H groups in total. The van der Waals surface area contributed by atoms with E-state index in [9.17, 15) is 0 Å². The summed E-state index contributed by atoms with van der Waals surface area (Å²) in [6.07, 6.45) is 2.99. The van der Waals surface area contributed by atoms with Crippen LogP contribution in [0.5, 0.6) is 46.0 Å². The third-order valence-corrected chi connectivity index (χ3v) is 31.7. The molecule has 2 aliphatic rings. The minimum Gasteiger partial charge on any atom is -0.489 e. The highest BCUT2D eigenvalue weighted by Crippen LogP contribution is 2.57. The molecule has 682 valence electrons. The Kier molecular flexibility index (Phi) is 29.6. The van der Waals surface area contributed by atoms with Gasteiger partial charge in [-0.3, -0.25) is 0 Å². The molecule has 18 aromatic rings. The van der Waals surface area contributed by atoms with Crippen LogP contribution in [0.3, 0.4) is 0 Å². The number of hydrogen-bond acceptors (Lipinski definition) is 18. The second-order valence-electron chi connectivity index (χ2n) is 34.8. The molecule has 18 heteroatoms. The molecule has 136 heavy (non-hydrogen) atoms. The van der Waals surface area contributed by atoms with Crippen LogP contribution in [0.2, 0.25) is 0 Å². The Hall–Kier alpha value is -12.9. The standard InChI is InChI=1S/C118H102O12S6/c1-9-27-83(28-10-1)71-123-95-51-91(52-96(59-95)124-72-84-29-11-2-12-30-84)67-119-79-117(80-120-68-92-53-97(125-73-85-31-13-3-14-32-85)60-98(54-92)126-74-86-33-15-4-16-34-86)63-103-105(65-117)115(135-113(103)109-43-25-49-131-109)111-47-45-107(133-111)108-46-48-112(134-108)116-106-66-118(64-104(106)114(136-116)110-44-26-50-132-110,81-121-69-93-55-99(127-75-87-35-17-5-18-36-87)61-100(56-93)128-76-88-37-19-6-20-38-88)82-122-70-94-57-101(129-77-89-39-21-7-22-40-89)62-102(58-94)130-78-90-41-23-8-24-42-90/h1-62H,63-82H2. The van der Waals surface area contributed by atoms with Crippen molar-refractivity contribution < 1.29 is 56.8 Å². The van der Waals surface area contributed by atoms with Crippen LogP contribution in [0.15, 0.2) is 375 Å². The van der Waals surface area contributed by atoms with Crippen LogP contribution in [0, 0.1) is 10.8 Å². The Bertz CT molecular complexity index is 5930. The van der Waals surface area contributed by atoms with Crippen LogP contribution in [-0.2, 0) is 124 Å². The summed E-state index contributed by atoms with van der Waals surface area (Å²) in [6, 6.07) is 125. The molecule has 6 aromatic heterocycles. The summed E-state index contributed by atoms with van der Waals surface area (Å²) in [4.78, 5) is 12.6. The van der Waals surface area contributed by atoms with Crippen molar-refractivity contribution >= 4 is 68.0 Å². The topological polar surface area (TPSA) is 111 Å². The Morgan fingerprint density at radius 1 is 0.176 bits per heavy atom.